The first kappa shape index (κ1) is 14.8. The molecule has 2 unspecified atom stereocenters. The van der Waals surface area contributed by atoms with Crippen molar-refractivity contribution in [1.82, 2.24) is 4.90 Å². The monoisotopic (exact) mass is 296 g/mol. The summed E-state index contributed by atoms with van der Waals surface area (Å²) in [5, 5.41) is -0.468. The molecule has 0 aliphatic carbocycles. The molecule has 4 nitrogen and oxygen atoms in total. The van der Waals surface area contributed by atoms with Crippen LogP contribution in [0, 0.1) is 5.82 Å². The van der Waals surface area contributed by atoms with Crippen LogP contribution in [0.2, 0.25) is 0 Å². The molecule has 0 saturated carbocycles. The van der Waals surface area contributed by atoms with Crippen molar-refractivity contribution in [2.45, 2.75) is 42.9 Å². The highest BCUT2D eigenvalue weighted by molar-refractivity contribution is 8.00. The van der Waals surface area contributed by atoms with Crippen LogP contribution in [0.1, 0.15) is 26.7 Å². The lowest BCUT2D eigenvalue weighted by atomic mass is 10.2. The third kappa shape index (κ3) is 2.80. The van der Waals surface area contributed by atoms with Gasteiger partial charge in [0.05, 0.1) is 5.25 Å². The maximum atomic E-state index is 13.0. The summed E-state index contributed by atoms with van der Waals surface area (Å²) in [6.45, 7) is 3.79. The van der Waals surface area contributed by atoms with Gasteiger partial charge in [-0.25, -0.2) is 4.39 Å². The number of anilines is 1. The van der Waals surface area contributed by atoms with E-state index in [1.807, 2.05) is 13.8 Å². The fraction of sp³-hybridized carbons (Fsp3) is 0.429. The van der Waals surface area contributed by atoms with Crippen molar-refractivity contribution in [1.29, 1.82) is 0 Å². The van der Waals surface area contributed by atoms with Gasteiger partial charge in [-0.2, -0.15) is 0 Å². The predicted octanol–water partition coefficient (Wildman–Crippen LogP) is 2.43. The van der Waals surface area contributed by atoms with Crippen LogP contribution in [0.5, 0.6) is 0 Å². The van der Waals surface area contributed by atoms with E-state index >= 15 is 0 Å². The molecule has 1 fully saturated rings. The Morgan fingerprint density at radius 1 is 1.50 bits per heavy atom. The van der Waals surface area contributed by atoms with Gasteiger partial charge in [-0.15, -0.1) is 11.8 Å². The van der Waals surface area contributed by atoms with Crippen LogP contribution in [0.3, 0.4) is 0 Å². The molecule has 2 atom stereocenters. The zero-order valence-corrected chi connectivity index (χ0v) is 12.2. The second kappa shape index (κ2) is 5.83. The largest absolute Gasteiger partial charge is 0.398 e. The van der Waals surface area contributed by atoms with E-state index in [0.717, 1.165) is 6.42 Å². The van der Waals surface area contributed by atoms with Gasteiger partial charge in [0.15, 0.2) is 0 Å². The highest BCUT2D eigenvalue weighted by Crippen LogP contribution is 2.35. The van der Waals surface area contributed by atoms with Crippen molar-refractivity contribution in [3.05, 3.63) is 24.0 Å². The SMILES string of the molecule is CCC(C)N1C(=O)CC(Sc2ccc(F)cc2N)C1=O. The number of rotatable bonds is 4. The number of hydrogen-bond donors (Lipinski definition) is 1. The van der Waals surface area contributed by atoms with Gasteiger partial charge in [0.25, 0.3) is 0 Å². The van der Waals surface area contributed by atoms with Crippen molar-refractivity contribution < 1.29 is 14.0 Å². The lowest BCUT2D eigenvalue weighted by molar-refractivity contribution is -0.140. The van der Waals surface area contributed by atoms with Gasteiger partial charge in [-0.1, -0.05) is 6.92 Å². The summed E-state index contributed by atoms with van der Waals surface area (Å²) in [6, 6.07) is 3.97. The predicted molar refractivity (Wildman–Crippen MR) is 76.7 cm³/mol. The molecule has 6 heteroatoms. The van der Waals surface area contributed by atoms with E-state index in [9.17, 15) is 14.0 Å². The first-order valence-corrected chi connectivity index (χ1v) is 7.39. The number of carbonyl (C=O) groups is 2. The van der Waals surface area contributed by atoms with Crippen molar-refractivity contribution in [3.63, 3.8) is 0 Å². The highest BCUT2D eigenvalue weighted by atomic mass is 32.2. The molecule has 2 N–H and O–H groups in total. The Morgan fingerprint density at radius 2 is 2.20 bits per heavy atom. The van der Waals surface area contributed by atoms with Crippen LogP contribution in [0.4, 0.5) is 10.1 Å². The van der Waals surface area contributed by atoms with Crippen molar-refractivity contribution in [2.75, 3.05) is 5.73 Å². The smallest absolute Gasteiger partial charge is 0.243 e. The van der Waals surface area contributed by atoms with Crippen molar-refractivity contribution in [2.24, 2.45) is 0 Å². The molecule has 0 spiro atoms. The number of likely N-dealkylation sites (tertiary alicyclic amines) is 1. The summed E-state index contributed by atoms with van der Waals surface area (Å²) in [5.74, 6) is -0.748. The molecule has 0 radical (unpaired) electrons. The quantitative estimate of drug-likeness (QED) is 0.684. The fourth-order valence-electron chi connectivity index (χ4n) is 2.14. The Bertz CT molecular complexity index is 550. The first-order chi connectivity index (χ1) is 9.43. The number of halogens is 1. The second-order valence-corrected chi connectivity index (χ2v) is 6.10. The van der Waals surface area contributed by atoms with E-state index in [0.29, 0.717) is 4.90 Å². The molecule has 20 heavy (non-hydrogen) atoms. The van der Waals surface area contributed by atoms with E-state index < -0.39 is 11.1 Å². The van der Waals surface area contributed by atoms with Gasteiger partial charge in [0.2, 0.25) is 11.8 Å². The number of benzene rings is 1. The van der Waals surface area contributed by atoms with Gasteiger partial charge in [0, 0.05) is 23.0 Å². The Hall–Kier alpha value is -1.56. The number of carbonyl (C=O) groups excluding carboxylic acids is 2. The molecule has 1 aromatic rings. The number of nitrogen functional groups attached to an aromatic ring is 1. The standard InChI is InChI=1S/C14H17FN2O2S/c1-3-8(2)17-13(18)7-12(14(17)19)20-11-5-4-9(15)6-10(11)16/h4-6,8,12H,3,7,16H2,1-2H3. The molecule has 1 saturated heterocycles. The average molecular weight is 296 g/mol. The molecule has 2 rings (SSSR count). The van der Waals surface area contributed by atoms with Crippen LogP contribution >= 0.6 is 11.8 Å². The Morgan fingerprint density at radius 3 is 2.80 bits per heavy atom. The third-order valence-corrected chi connectivity index (χ3v) is 4.69. The van der Waals surface area contributed by atoms with Crippen LogP contribution in [0.25, 0.3) is 0 Å². The summed E-state index contributed by atoms with van der Waals surface area (Å²) < 4.78 is 13.0. The minimum atomic E-state index is -0.468. The Kier molecular flexibility index (Phi) is 4.32. The molecule has 1 aromatic carbocycles. The lowest BCUT2D eigenvalue weighted by Crippen LogP contribution is -2.38. The van der Waals surface area contributed by atoms with E-state index in [1.54, 1.807) is 6.07 Å². The number of imide groups is 1. The van der Waals surface area contributed by atoms with E-state index in [-0.39, 0.29) is 30.0 Å². The molecule has 0 bridgehead atoms. The fourth-order valence-corrected chi connectivity index (χ4v) is 3.23. The summed E-state index contributed by atoms with van der Waals surface area (Å²) in [5.41, 5.74) is 6.02. The van der Waals surface area contributed by atoms with Gasteiger partial charge in [-0.05, 0) is 31.5 Å². The molecule has 2 amide bonds. The maximum Gasteiger partial charge on any atom is 0.243 e. The maximum absolute atomic E-state index is 13.0. The summed E-state index contributed by atoms with van der Waals surface area (Å²) >= 11 is 1.23. The number of amides is 2. The van der Waals surface area contributed by atoms with E-state index in [2.05, 4.69) is 0 Å². The van der Waals surface area contributed by atoms with Crippen LogP contribution in [0.15, 0.2) is 23.1 Å². The van der Waals surface area contributed by atoms with E-state index in [4.69, 9.17) is 5.73 Å². The second-order valence-electron chi connectivity index (χ2n) is 4.85. The summed E-state index contributed by atoms with van der Waals surface area (Å²) in [4.78, 5) is 26.2. The van der Waals surface area contributed by atoms with Crippen molar-refractivity contribution >= 4 is 29.3 Å². The Labute approximate surface area is 121 Å². The topological polar surface area (TPSA) is 63.4 Å². The number of thioether (sulfide) groups is 1. The van der Waals surface area contributed by atoms with Gasteiger partial charge in [-0.3, -0.25) is 14.5 Å². The number of nitrogens with zero attached hydrogens (tertiary/aromatic N) is 1. The minimum absolute atomic E-state index is 0.0915. The summed E-state index contributed by atoms with van der Waals surface area (Å²) in [6.07, 6.45) is 0.901. The normalized spacial score (nSPS) is 20.6. The molecular weight excluding hydrogens is 279 g/mol. The summed E-state index contributed by atoms with van der Waals surface area (Å²) in [7, 11) is 0. The van der Waals surface area contributed by atoms with Crippen LogP contribution in [-0.2, 0) is 9.59 Å². The molecule has 1 aliphatic rings. The third-order valence-electron chi connectivity index (χ3n) is 3.41. The highest BCUT2D eigenvalue weighted by Gasteiger charge is 2.41. The Balaban J connectivity index is 2.15. The van der Waals surface area contributed by atoms with Crippen molar-refractivity contribution in [3.8, 4) is 0 Å². The van der Waals surface area contributed by atoms with Crippen LogP contribution in [-0.4, -0.2) is 28.0 Å². The number of hydrogen-bond acceptors (Lipinski definition) is 4. The molecule has 1 aliphatic heterocycles. The number of nitrogens with two attached hydrogens (primary N) is 1. The van der Waals surface area contributed by atoms with Gasteiger partial charge in [0.1, 0.15) is 5.82 Å². The molecule has 0 aromatic heterocycles. The zero-order valence-electron chi connectivity index (χ0n) is 11.4. The van der Waals surface area contributed by atoms with E-state index in [1.165, 1.54) is 28.8 Å². The minimum Gasteiger partial charge on any atom is -0.398 e. The van der Waals surface area contributed by atoms with Crippen LogP contribution < -0.4 is 5.73 Å². The zero-order chi connectivity index (χ0) is 14.9. The molecule has 1 heterocycles. The molecular formula is C14H17FN2O2S. The lowest BCUT2D eigenvalue weighted by Gasteiger charge is -2.21. The average Bonchev–Trinajstić information content (AvgIpc) is 2.67. The first-order valence-electron chi connectivity index (χ1n) is 6.51. The molecule has 108 valence electrons. The van der Waals surface area contributed by atoms with Gasteiger partial charge >= 0.3 is 0 Å². The van der Waals surface area contributed by atoms with Gasteiger partial charge < -0.3 is 5.73 Å².